The van der Waals surface area contributed by atoms with Crippen LogP contribution in [0, 0.1) is 0 Å². The van der Waals surface area contributed by atoms with Gasteiger partial charge in [0.25, 0.3) is 0 Å². The van der Waals surface area contributed by atoms with Gasteiger partial charge in [0.2, 0.25) is 0 Å². The van der Waals surface area contributed by atoms with E-state index < -0.39 is 0 Å². The van der Waals surface area contributed by atoms with Gasteiger partial charge in [-0.05, 0) is 46.8 Å². The van der Waals surface area contributed by atoms with Crippen LogP contribution in [-0.4, -0.2) is 57.8 Å². The number of nitrogens with zero attached hydrogens (tertiary/aromatic N) is 2. The zero-order chi connectivity index (χ0) is 15.1. The molecule has 0 amide bonds. The molecule has 0 aliphatic heterocycles. The minimum Gasteiger partial charge on any atom is -0.382 e. The minimum atomic E-state index is 0. The second-order valence-corrected chi connectivity index (χ2v) is 5.32. The summed E-state index contributed by atoms with van der Waals surface area (Å²) in [4.78, 5) is 6.50. The molecule has 0 aliphatic carbocycles. The van der Waals surface area contributed by atoms with Crippen LogP contribution < -0.4 is 11.1 Å². The van der Waals surface area contributed by atoms with E-state index in [4.69, 9.17) is 10.5 Å². The number of guanidine groups is 1. The normalized spacial score (nSPS) is 11.5. The van der Waals surface area contributed by atoms with E-state index in [1.54, 1.807) is 0 Å². The van der Waals surface area contributed by atoms with Crippen molar-refractivity contribution in [2.24, 2.45) is 10.7 Å². The van der Waals surface area contributed by atoms with E-state index >= 15 is 0 Å². The van der Waals surface area contributed by atoms with Gasteiger partial charge in [-0.1, -0.05) is 19.3 Å². The molecule has 0 bridgehead atoms. The van der Waals surface area contributed by atoms with Crippen molar-refractivity contribution in [2.75, 3.05) is 46.9 Å². The van der Waals surface area contributed by atoms with Crippen LogP contribution in [-0.2, 0) is 4.74 Å². The molecular weight excluding hydrogens is 379 g/mol. The molecule has 3 N–H and O–H groups in total. The summed E-state index contributed by atoms with van der Waals surface area (Å²) >= 11 is 0. The van der Waals surface area contributed by atoms with Crippen molar-refractivity contribution >= 4 is 29.9 Å². The molecule has 0 atom stereocenters. The van der Waals surface area contributed by atoms with Crippen molar-refractivity contribution < 1.29 is 4.74 Å². The molecule has 0 saturated heterocycles. The molecule has 0 aromatic rings. The predicted octanol–water partition coefficient (Wildman–Crippen LogP) is 2.45. The van der Waals surface area contributed by atoms with Gasteiger partial charge in [-0.15, -0.1) is 24.0 Å². The van der Waals surface area contributed by atoms with Crippen LogP contribution in [0.2, 0.25) is 0 Å². The quantitative estimate of drug-likeness (QED) is 0.210. The highest BCUT2D eigenvalue weighted by molar-refractivity contribution is 14.0. The van der Waals surface area contributed by atoms with Gasteiger partial charge in [-0.2, -0.15) is 0 Å². The van der Waals surface area contributed by atoms with Gasteiger partial charge in [0.15, 0.2) is 5.96 Å². The molecule has 0 radical (unpaired) electrons. The van der Waals surface area contributed by atoms with Gasteiger partial charge >= 0.3 is 0 Å². The Bertz CT molecular complexity index is 238. The Labute approximate surface area is 148 Å². The van der Waals surface area contributed by atoms with E-state index in [-0.39, 0.29) is 24.0 Å². The van der Waals surface area contributed by atoms with Crippen LogP contribution in [0.25, 0.3) is 0 Å². The Balaban J connectivity index is 0. The molecule has 0 unspecified atom stereocenters. The Morgan fingerprint density at radius 2 is 1.76 bits per heavy atom. The fourth-order valence-corrected chi connectivity index (χ4v) is 1.87. The first kappa shape index (κ1) is 23.2. The number of hydrogen-bond donors (Lipinski definition) is 2. The Hall–Kier alpha value is -0.0800. The summed E-state index contributed by atoms with van der Waals surface area (Å²) < 4.78 is 5.24. The first-order chi connectivity index (χ1) is 9.66. The van der Waals surface area contributed by atoms with Crippen LogP contribution in [0.5, 0.6) is 0 Å². The predicted molar refractivity (Wildman–Crippen MR) is 103 cm³/mol. The molecule has 0 aromatic heterocycles. The summed E-state index contributed by atoms with van der Waals surface area (Å²) in [5, 5.41) is 3.16. The number of ether oxygens (including phenoxy) is 1. The maximum Gasteiger partial charge on any atom is 0.188 e. The number of halogens is 1. The van der Waals surface area contributed by atoms with E-state index in [1.165, 1.54) is 32.2 Å². The average Bonchev–Trinajstić information content (AvgIpc) is 2.41. The van der Waals surface area contributed by atoms with Crippen molar-refractivity contribution in [3.63, 3.8) is 0 Å². The van der Waals surface area contributed by atoms with Gasteiger partial charge in [0.05, 0.1) is 0 Å². The Kier molecular flexibility index (Phi) is 19.8. The highest BCUT2D eigenvalue weighted by Gasteiger charge is 1.94. The van der Waals surface area contributed by atoms with E-state index in [9.17, 15) is 0 Å². The molecule has 0 saturated carbocycles. The zero-order valence-corrected chi connectivity index (χ0v) is 16.4. The summed E-state index contributed by atoms with van der Waals surface area (Å²) in [5.74, 6) is 0.564. The summed E-state index contributed by atoms with van der Waals surface area (Å²) in [6.45, 7) is 6.39. The SMILES string of the molecule is CCOCCCN=C(N)NCCCCCCCN(C)C.I. The lowest BCUT2D eigenvalue weighted by Gasteiger charge is -2.09. The molecule has 6 heteroatoms. The Morgan fingerprint density at radius 1 is 1.10 bits per heavy atom. The highest BCUT2D eigenvalue weighted by atomic mass is 127. The fraction of sp³-hybridized carbons (Fsp3) is 0.933. The second-order valence-electron chi connectivity index (χ2n) is 5.32. The first-order valence-electron chi connectivity index (χ1n) is 7.93. The molecular formula is C15H35IN4O. The lowest BCUT2D eigenvalue weighted by molar-refractivity contribution is 0.146. The molecule has 0 aliphatic rings. The van der Waals surface area contributed by atoms with E-state index in [2.05, 4.69) is 29.3 Å². The van der Waals surface area contributed by atoms with Crippen molar-refractivity contribution in [3.8, 4) is 0 Å². The first-order valence-corrected chi connectivity index (χ1v) is 7.93. The molecule has 0 aromatic carbocycles. The van der Waals surface area contributed by atoms with Gasteiger partial charge in [-0.3, -0.25) is 4.99 Å². The van der Waals surface area contributed by atoms with Crippen molar-refractivity contribution in [1.82, 2.24) is 10.2 Å². The number of rotatable bonds is 13. The molecule has 5 nitrogen and oxygen atoms in total. The standard InChI is InChI=1S/C15H34N4O.HI/c1-4-20-14-10-12-18-15(16)17-11-8-6-5-7-9-13-19(2)3;/h4-14H2,1-3H3,(H3,16,17,18);1H. The molecule has 0 rings (SSSR count). The second kappa shape index (κ2) is 18.0. The van der Waals surface area contributed by atoms with Gasteiger partial charge in [-0.25, -0.2) is 0 Å². The summed E-state index contributed by atoms with van der Waals surface area (Å²) in [7, 11) is 4.25. The maximum absolute atomic E-state index is 5.78. The monoisotopic (exact) mass is 414 g/mol. The third kappa shape index (κ3) is 19.9. The summed E-state index contributed by atoms with van der Waals surface area (Å²) in [6.07, 6.45) is 7.28. The van der Waals surface area contributed by atoms with Crippen molar-refractivity contribution in [1.29, 1.82) is 0 Å². The van der Waals surface area contributed by atoms with Crippen LogP contribution >= 0.6 is 24.0 Å². The van der Waals surface area contributed by atoms with Gasteiger partial charge < -0.3 is 20.7 Å². The smallest absolute Gasteiger partial charge is 0.188 e. The number of unbranched alkanes of at least 4 members (excludes halogenated alkanes) is 4. The topological polar surface area (TPSA) is 62.9 Å². The summed E-state index contributed by atoms with van der Waals surface area (Å²) in [5.41, 5.74) is 5.78. The van der Waals surface area contributed by atoms with Crippen LogP contribution in [0.3, 0.4) is 0 Å². The van der Waals surface area contributed by atoms with Crippen molar-refractivity contribution in [2.45, 2.75) is 45.4 Å². The van der Waals surface area contributed by atoms with E-state index in [0.717, 1.165) is 39.1 Å². The number of nitrogens with two attached hydrogens (primary N) is 1. The average molecular weight is 414 g/mol. The van der Waals surface area contributed by atoms with Gasteiger partial charge in [0, 0.05) is 26.3 Å². The lowest BCUT2D eigenvalue weighted by atomic mass is 10.1. The largest absolute Gasteiger partial charge is 0.382 e. The van der Waals surface area contributed by atoms with Gasteiger partial charge in [0.1, 0.15) is 0 Å². The zero-order valence-electron chi connectivity index (χ0n) is 14.1. The molecule has 0 heterocycles. The van der Waals surface area contributed by atoms with Crippen LogP contribution in [0.15, 0.2) is 4.99 Å². The van der Waals surface area contributed by atoms with Crippen LogP contribution in [0.1, 0.15) is 45.4 Å². The van der Waals surface area contributed by atoms with E-state index in [1.807, 2.05) is 6.92 Å². The maximum atomic E-state index is 5.78. The third-order valence-corrected chi connectivity index (χ3v) is 3.02. The molecule has 21 heavy (non-hydrogen) atoms. The number of nitrogens with one attached hydrogen (secondary N) is 1. The van der Waals surface area contributed by atoms with Crippen LogP contribution in [0.4, 0.5) is 0 Å². The number of hydrogen-bond acceptors (Lipinski definition) is 3. The lowest BCUT2D eigenvalue weighted by Crippen LogP contribution is -2.32. The highest BCUT2D eigenvalue weighted by Crippen LogP contribution is 2.02. The van der Waals surface area contributed by atoms with Crippen molar-refractivity contribution in [3.05, 3.63) is 0 Å². The molecule has 0 spiro atoms. The summed E-state index contributed by atoms with van der Waals surface area (Å²) in [6, 6.07) is 0. The molecule has 128 valence electrons. The fourth-order valence-electron chi connectivity index (χ4n) is 1.87. The minimum absolute atomic E-state index is 0. The number of aliphatic imine (C=N–C) groups is 1. The Morgan fingerprint density at radius 3 is 2.43 bits per heavy atom. The molecule has 0 fully saturated rings. The third-order valence-electron chi connectivity index (χ3n) is 3.02. The van der Waals surface area contributed by atoms with E-state index in [0.29, 0.717) is 5.96 Å².